The van der Waals surface area contributed by atoms with Gasteiger partial charge in [0.15, 0.2) is 0 Å². The summed E-state index contributed by atoms with van der Waals surface area (Å²) in [4.78, 5) is 12.5. The fourth-order valence-corrected chi connectivity index (χ4v) is 6.96. The van der Waals surface area contributed by atoms with Crippen LogP contribution in [0.3, 0.4) is 0 Å². The van der Waals surface area contributed by atoms with E-state index in [4.69, 9.17) is 32.7 Å². The molecule has 2 atom stereocenters. The van der Waals surface area contributed by atoms with Gasteiger partial charge in [0.05, 0.1) is 12.8 Å². The summed E-state index contributed by atoms with van der Waals surface area (Å²) in [5.41, 5.74) is 6.71. The average Bonchev–Trinajstić information content (AvgIpc) is 3.31. The first-order valence-corrected chi connectivity index (χ1v) is 16.5. The van der Waals surface area contributed by atoms with Gasteiger partial charge in [0.1, 0.15) is 11.4 Å². The number of carbonyl (C=O) groups is 1. The number of unbranched alkanes of at least 4 members (excludes halogenated alkanes) is 1. The number of halogens is 3. The van der Waals surface area contributed by atoms with Gasteiger partial charge < -0.3 is 9.47 Å². The summed E-state index contributed by atoms with van der Waals surface area (Å²) in [6, 6.07) is 20.1. The summed E-state index contributed by atoms with van der Waals surface area (Å²) in [6.07, 6.45) is 8.27. The molecule has 0 aromatic heterocycles. The van der Waals surface area contributed by atoms with Crippen molar-refractivity contribution in [1.82, 2.24) is 0 Å². The van der Waals surface area contributed by atoms with Crippen LogP contribution in [0.25, 0.3) is 11.1 Å². The molecule has 1 N–H and O–H groups in total. The molecule has 5 rings (SSSR count). The first-order chi connectivity index (χ1) is 21.1. The minimum absolute atomic E-state index is 0.202. The molecule has 44 heavy (non-hydrogen) atoms. The first kappa shape index (κ1) is 32.4. The number of hydrogen-bond donors (Lipinski definition) is 1. The Morgan fingerprint density at radius 2 is 1.73 bits per heavy atom. The lowest BCUT2D eigenvalue weighted by Crippen LogP contribution is -2.27. The predicted octanol–water partition coefficient (Wildman–Crippen LogP) is 11.3. The third-order valence-corrected chi connectivity index (χ3v) is 8.93. The molecular formula is C37H42Cl2FNO3. The van der Waals surface area contributed by atoms with Gasteiger partial charge >= 0.3 is 6.09 Å². The summed E-state index contributed by atoms with van der Waals surface area (Å²) >= 11 is 13.1. The van der Waals surface area contributed by atoms with Gasteiger partial charge in [-0.05, 0) is 141 Å². The van der Waals surface area contributed by atoms with E-state index in [9.17, 15) is 9.18 Å². The maximum absolute atomic E-state index is 12.5. The summed E-state index contributed by atoms with van der Waals surface area (Å²) in [6.45, 7) is 5.32. The normalized spacial score (nSPS) is 18.5. The Morgan fingerprint density at radius 1 is 0.955 bits per heavy atom. The smallest absolute Gasteiger partial charge is 0.412 e. The van der Waals surface area contributed by atoms with Crippen molar-refractivity contribution in [2.24, 2.45) is 5.92 Å². The van der Waals surface area contributed by atoms with Gasteiger partial charge in [0.2, 0.25) is 0 Å². The van der Waals surface area contributed by atoms with Crippen molar-refractivity contribution in [2.75, 3.05) is 12.0 Å². The van der Waals surface area contributed by atoms with Gasteiger partial charge in [0.25, 0.3) is 0 Å². The molecule has 0 radical (unpaired) electrons. The first-order valence-electron chi connectivity index (χ1n) is 15.7. The van der Waals surface area contributed by atoms with Crippen LogP contribution in [-0.2, 0) is 11.2 Å². The van der Waals surface area contributed by atoms with Crippen LogP contribution in [0, 0.1) is 5.92 Å². The molecule has 0 heterocycles. The number of fused-ring (bicyclic) bond motifs is 1. The van der Waals surface area contributed by atoms with Crippen molar-refractivity contribution >= 4 is 46.1 Å². The molecule has 0 bridgehead atoms. The second kappa shape index (κ2) is 14.4. The zero-order valence-electron chi connectivity index (χ0n) is 25.9. The topological polar surface area (TPSA) is 47.6 Å². The summed E-state index contributed by atoms with van der Waals surface area (Å²) in [5, 5.41) is 4.12. The van der Waals surface area contributed by atoms with Crippen molar-refractivity contribution in [1.29, 1.82) is 0 Å². The minimum Gasteiger partial charge on any atom is -0.490 e. The SMILES string of the molecule is CC(C)(C)OC(=O)Nc1ccc2c(c1)CCCC(c1ccc(Cl)cc1Cl)=C2c1ccc(O[C@H]2CCC(CCCCF)C2)cc1. The highest BCUT2D eigenvalue weighted by Crippen LogP contribution is 2.43. The van der Waals surface area contributed by atoms with Gasteiger partial charge in [-0.15, -0.1) is 0 Å². The van der Waals surface area contributed by atoms with Gasteiger partial charge in [0, 0.05) is 15.7 Å². The number of alkyl halides is 1. The number of rotatable bonds is 9. The van der Waals surface area contributed by atoms with Crippen LogP contribution in [0.15, 0.2) is 60.7 Å². The molecule has 1 unspecified atom stereocenters. The van der Waals surface area contributed by atoms with E-state index in [0.717, 1.165) is 84.9 Å². The van der Waals surface area contributed by atoms with E-state index in [0.29, 0.717) is 28.1 Å². The van der Waals surface area contributed by atoms with Gasteiger partial charge in [-0.25, -0.2) is 4.79 Å². The molecule has 4 nitrogen and oxygen atoms in total. The average molecular weight is 639 g/mol. The molecular weight excluding hydrogens is 596 g/mol. The number of aryl methyl sites for hydroxylation is 1. The van der Waals surface area contributed by atoms with E-state index < -0.39 is 11.7 Å². The Morgan fingerprint density at radius 3 is 2.45 bits per heavy atom. The Labute approximate surface area is 270 Å². The van der Waals surface area contributed by atoms with Crippen LogP contribution in [-0.4, -0.2) is 24.5 Å². The molecule has 0 saturated heterocycles. The Balaban J connectivity index is 1.45. The molecule has 2 aliphatic carbocycles. The zero-order chi connectivity index (χ0) is 31.3. The summed E-state index contributed by atoms with van der Waals surface area (Å²) < 4.78 is 24.4. The molecule has 1 fully saturated rings. The molecule has 1 amide bonds. The summed E-state index contributed by atoms with van der Waals surface area (Å²) in [5.74, 6) is 1.49. The fourth-order valence-electron chi connectivity index (χ4n) is 6.44. The lowest BCUT2D eigenvalue weighted by atomic mass is 9.87. The van der Waals surface area contributed by atoms with Crippen molar-refractivity contribution < 1.29 is 18.7 Å². The Hall–Kier alpha value is -3.02. The number of ether oxygens (including phenoxy) is 2. The number of hydrogen-bond acceptors (Lipinski definition) is 3. The Bertz CT molecular complexity index is 1500. The number of allylic oxidation sites excluding steroid dienone is 1. The maximum atomic E-state index is 12.5. The van der Waals surface area contributed by atoms with E-state index in [1.807, 2.05) is 45.0 Å². The molecule has 234 valence electrons. The lowest BCUT2D eigenvalue weighted by Gasteiger charge is -2.21. The molecule has 1 saturated carbocycles. The van der Waals surface area contributed by atoms with Crippen LogP contribution in [0.4, 0.5) is 14.9 Å². The van der Waals surface area contributed by atoms with E-state index in [-0.39, 0.29) is 12.8 Å². The van der Waals surface area contributed by atoms with Crippen LogP contribution in [0.2, 0.25) is 10.0 Å². The van der Waals surface area contributed by atoms with Crippen molar-refractivity contribution in [2.45, 2.75) is 90.3 Å². The van der Waals surface area contributed by atoms with Crippen LogP contribution in [0.1, 0.15) is 94.4 Å². The van der Waals surface area contributed by atoms with E-state index in [2.05, 4.69) is 35.6 Å². The minimum atomic E-state index is -0.579. The zero-order valence-corrected chi connectivity index (χ0v) is 27.4. The lowest BCUT2D eigenvalue weighted by molar-refractivity contribution is 0.0636. The number of anilines is 1. The second-order valence-corrected chi connectivity index (χ2v) is 13.8. The van der Waals surface area contributed by atoms with Crippen LogP contribution in [0.5, 0.6) is 5.75 Å². The highest BCUT2D eigenvalue weighted by molar-refractivity contribution is 6.36. The number of carbonyl (C=O) groups excluding carboxylic acids is 1. The van der Waals surface area contributed by atoms with E-state index in [1.54, 1.807) is 6.07 Å². The fraction of sp³-hybridized carbons (Fsp3) is 0.432. The number of amides is 1. The van der Waals surface area contributed by atoms with E-state index >= 15 is 0 Å². The van der Waals surface area contributed by atoms with Gasteiger partial charge in [-0.1, -0.05) is 60.3 Å². The Kier molecular flexibility index (Phi) is 10.6. The highest BCUT2D eigenvalue weighted by Gasteiger charge is 2.26. The molecule has 2 aliphatic rings. The molecule has 0 aliphatic heterocycles. The van der Waals surface area contributed by atoms with Crippen molar-refractivity contribution in [3.8, 4) is 5.75 Å². The standard InChI is InChI=1S/C37H42Cl2FNO3/c1-37(2,3)44-36(42)41-28-14-19-31-26(22-28)8-6-9-33(32-18-13-27(38)23-34(32)39)35(31)25-11-16-29(17-12-25)43-30-15-10-24(21-30)7-4-5-20-40/h11-14,16-19,22-24,30H,4-10,15,20-21H2,1-3H3,(H,41,42)/t24?,30-/m0/s1. The van der Waals surface area contributed by atoms with Crippen LogP contribution < -0.4 is 10.1 Å². The van der Waals surface area contributed by atoms with Crippen molar-refractivity contribution in [3.63, 3.8) is 0 Å². The maximum Gasteiger partial charge on any atom is 0.412 e. The van der Waals surface area contributed by atoms with Crippen molar-refractivity contribution in [3.05, 3.63) is 93.0 Å². The number of benzene rings is 3. The third kappa shape index (κ3) is 8.37. The molecule has 3 aromatic carbocycles. The monoisotopic (exact) mass is 637 g/mol. The van der Waals surface area contributed by atoms with Crippen LogP contribution >= 0.6 is 23.2 Å². The molecule has 3 aromatic rings. The highest BCUT2D eigenvalue weighted by atomic mass is 35.5. The predicted molar refractivity (Wildman–Crippen MR) is 180 cm³/mol. The molecule has 0 spiro atoms. The molecule has 7 heteroatoms. The van der Waals surface area contributed by atoms with Gasteiger partial charge in [-0.2, -0.15) is 0 Å². The van der Waals surface area contributed by atoms with Gasteiger partial charge in [-0.3, -0.25) is 9.71 Å². The largest absolute Gasteiger partial charge is 0.490 e. The van der Waals surface area contributed by atoms with E-state index in [1.165, 1.54) is 5.57 Å². The number of nitrogens with one attached hydrogen (secondary N) is 1. The third-order valence-electron chi connectivity index (χ3n) is 8.39. The summed E-state index contributed by atoms with van der Waals surface area (Å²) in [7, 11) is 0. The quantitative estimate of drug-likeness (QED) is 0.237. The second-order valence-electron chi connectivity index (χ2n) is 13.0.